The summed E-state index contributed by atoms with van der Waals surface area (Å²) in [5.41, 5.74) is -0.664. The lowest BCUT2D eigenvalue weighted by molar-refractivity contribution is -0.162. The van der Waals surface area contributed by atoms with Crippen molar-refractivity contribution in [2.45, 2.75) is 109 Å². The van der Waals surface area contributed by atoms with E-state index in [1.807, 2.05) is 0 Å². The molecule has 0 fully saturated rings. The van der Waals surface area contributed by atoms with E-state index in [0.717, 1.165) is 19.3 Å². The summed E-state index contributed by atoms with van der Waals surface area (Å²) in [5, 5.41) is 0. The van der Waals surface area contributed by atoms with Crippen LogP contribution in [-0.4, -0.2) is 42.1 Å². The van der Waals surface area contributed by atoms with Crippen LogP contribution in [0.4, 0.5) is 0 Å². The first kappa shape index (κ1) is 29.9. The fourth-order valence-corrected chi connectivity index (χ4v) is 4.43. The van der Waals surface area contributed by atoms with E-state index in [0.29, 0.717) is 6.42 Å². The van der Waals surface area contributed by atoms with Crippen LogP contribution in [0, 0.1) is 11.8 Å². The van der Waals surface area contributed by atoms with Gasteiger partial charge in [0, 0.05) is 0 Å². The fourth-order valence-electron chi connectivity index (χ4n) is 3.60. The average molecular weight is 508 g/mol. The third-order valence-corrected chi connectivity index (χ3v) is 6.32. The van der Waals surface area contributed by atoms with Gasteiger partial charge in [0.15, 0.2) is 0 Å². The quantitative estimate of drug-likeness (QED) is 0.117. The van der Waals surface area contributed by atoms with Crippen LogP contribution in [-0.2, 0) is 28.6 Å². The number of hydrogen-bond acceptors (Lipinski definition) is 6. The maximum atomic E-state index is 12.9. The maximum Gasteiger partial charge on any atom is 0.322 e. The number of hydrogen-bond donors (Lipinski definition) is 0. The molecule has 0 aliphatic heterocycles. The topological polar surface area (TPSA) is 78.9 Å². The number of unbranched alkanes of at least 4 members (excludes halogenated alkanes) is 6. The third-order valence-electron chi connectivity index (χ3n) is 5.28. The number of carbonyl (C=O) groups is 3. The number of carbonyl (C=O) groups excluding carboxylic acids is 3. The zero-order valence-corrected chi connectivity index (χ0v) is 22.1. The van der Waals surface area contributed by atoms with Crippen LogP contribution < -0.4 is 0 Å². The van der Waals surface area contributed by atoms with Crippen molar-refractivity contribution in [2.24, 2.45) is 11.8 Å². The normalized spacial score (nSPS) is 15.5. The van der Waals surface area contributed by atoms with Gasteiger partial charge in [0.2, 0.25) is 0 Å². The standard InChI is InChI=1S/C24H43BrO6/c1-8-9-10-11-12-13-14-15-24(25,22(28)30-7)17-19(16-18(2)20(26)29-6)21(27)31-23(3,4)5/h18-19H,8-17H2,1-7H3. The summed E-state index contributed by atoms with van der Waals surface area (Å²) in [5.74, 6) is -2.35. The van der Waals surface area contributed by atoms with Crippen molar-refractivity contribution in [3.8, 4) is 0 Å². The second-order valence-electron chi connectivity index (χ2n) is 9.42. The molecule has 0 aromatic carbocycles. The zero-order chi connectivity index (χ0) is 24.1. The summed E-state index contributed by atoms with van der Waals surface area (Å²) in [4.78, 5) is 37.5. The van der Waals surface area contributed by atoms with Crippen molar-refractivity contribution < 1.29 is 28.6 Å². The molecule has 0 radical (unpaired) electrons. The van der Waals surface area contributed by atoms with Crippen molar-refractivity contribution in [3.63, 3.8) is 0 Å². The molecule has 0 spiro atoms. The summed E-state index contributed by atoms with van der Waals surface area (Å²) < 4.78 is 14.5. The van der Waals surface area contributed by atoms with Gasteiger partial charge in [-0.05, 0) is 40.0 Å². The van der Waals surface area contributed by atoms with Gasteiger partial charge >= 0.3 is 17.9 Å². The van der Waals surface area contributed by atoms with Gasteiger partial charge in [-0.25, -0.2) is 0 Å². The minimum Gasteiger partial charge on any atom is -0.469 e. The largest absolute Gasteiger partial charge is 0.469 e. The molecule has 0 bridgehead atoms. The van der Waals surface area contributed by atoms with Crippen LogP contribution in [0.5, 0.6) is 0 Å². The van der Waals surface area contributed by atoms with Gasteiger partial charge in [0.05, 0.1) is 26.1 Å². The minimum atomic E-state index is -0.997. The zero-order valence-electron chi connectivity index (χ0n) is 20.6. The molecule has 0 saturated heterocycles. The SMILES string of the molecule is CCCCCCCCCC(Br)(CC(CC(C)C(=O)OC)C(=O)OC(C)(C)C)C(=O)OC. The Morgan fingerprint density at radius 3 is 1.90 bits per heavy atom. The Bertz CT molecular complexity index is 557. The van der Waals surface area contributed by atoms with Crippen LogP contribution in [0.1, 0.15) is 98.8 Å². The Balaban J connectivity index is 5.31. The highest BCUT2D eigenvalue weighted by molar-refractivity contribution is 9.10. The van der Waals surface area contributed by atoms with Crippen LogP contribution in [0.2, 0.25) is 0 Å². The highest BCUT2D eigenvalue weighted by Crippen LogP contribution is 2.37. The van der Waals surface area contributed by atoms with Crippen LogP contribution in [0.3, 0.4) is 0 Å². The molecule has 182 valence electrons. The fraction of sp³-hybridized carbons (Fsp3) is 0.875. The molecule has 0 rings (SSSR count). The van der Waals surface area contributed by atoms with Gasteiger partial charge in [-0.15, -0.1) is 0 Å². The molecule has 0 aromatic heterocycles. The van der Waals surface area contributed by atoms with Crippen LogP contribution in [0.25, 0.3) is 0 Å². The molecule has 6 nitrogen and oxygen atoms in total. The van der Waals surface area contributed by atoms with Crippen molar-refractivity contribution in [1.82, 2.24) is 0 Å². The van der Waals surface area contributed by atoms with E-state index >= 15 is 0 Å². The molecule has 0 N–H and O–H groups in total. The number of alkyl halides is 1. The van der Waals surface area contributed by atoms with E-state index < -0.39 is 33.7 Å². The molecule has 0 aromatic rings. The van der Waals surface area contributed by atoms with E-state index in [1.165, 1.54) is 39.9 Å². The molecule has 0 heterocycles. The lowest BCUT2D eigenvalue weighted by atomic mass is 9.84. The summed E-state index contributed by atoms with van der Waals surface area (Å²) >= 11 is 3.60. The van der Waals surface area contributed by atoms with Crippen molar-refractivity contribution in [2.75, 3.05) is 14.2 Å². The van der Waals surface area contributed by atoms with E-state index in [-0.39, 0.29) is 18.8 Å². The van der Waals surface area contributed by atoms with Crippen molar-refractivity contribution >= 4 is 33.8 Å². The van der Waals surface area contributed by atoms with Crippen LogP contribution >= 0.6 is 15.9 Å². The first-order valence-electron chi connectivity index (χ1n) is 11.5. The smallest absolute Gasteiger partial charge is 0.322 e. The lowest BCUT2D eigenvalue weighted by Gasteiger charge is -2.31. The maximum absolute atomic E-state index is 12.9. The Morgan fingerprint density at radius 1 is 0.871 bits per heavy atom. The van der Waals surface area contributed by atoms with Gasteiger partial charge < -0.3 is 14.2 Å². The second kappa shape index (κ2) is 14.9. The minimum absolute atomic E-state index is 0.200. The predicted octanol–water partition coefficient (Wildman–Crippen LogP) is 5.98. The van der Waals surface area contributed by atoms with Crippen molar-refractivity contribution in [3.05, 3.63) is 0 Å². The second-order valence-corrected chi connectivity index (χ2v) is 10.9. The Morgan fingerprint density at radius 2 is 1.42 bits per heavy atom. The molecule has 0 amide bonds. The molecule has 31 heavy (non-hydrogen) atoms. The molecular weight excluding hydrogens is 464 g/mol. The Labute approximate surface area is 197 Å². The van der Waals surface area contributed by atoms with Crippen molar-refractivity contribution in [1.29, 1.82) is 0 Å². The number of rotatable bonds is 15. The number of methoxy groups -OCH3 is 2. The Hall–Kier alpha value is -1.11. The van der Waals surface area contributed by atoms with Gasteiger partial charge in [0.1, 0.15) is 9.93 Å². The lowest BCUT2D eigenvalue weighted by Crippen LogP contribution is -2.40. The number of esters is 3. The predicted molar refractivity (Wildman–Crippen MR) is 126 cm³/mol. The van der Waals surface area contributed by atoms with E-state index in [9.17, 15) is 14.4 Å². The van der Waals surface area contributed by atoms with E-state index in [1.54, 1.807) is 27.7 Å². The Kier molecular flexibility index (Phi) is 14.3. The molecular formula is C24H43BrO6. The molecule has 0 saturated carbocycles. The molecule has 3 unspecified atom stereocenters. The first-order chi connectivity index (χ1) is 14.4. The molecule has 3 atom stereocenters. The number of ether oxygens (including phenoxy) is 3. The highest BCUT2D eigenvalue weighted by Gasteiger charge is 2.42. The summed E-state index contributed by atoms with van der Waals surface area (Å²) in [6, 6.07) is 0. The summed E-state index contributed by atoms with van der Waals surface area (Å²) in [6.07, 6.45) is 8.87. The van der Waals surface area contributed by atoms with Gasteiger partial charge in [-0.3, -0.25) is 14.4 Å². The van der Waals surface area contributed by atoms with E-state index in [2.05, 4.69) is 22.9 Å². The van der Waals surface area contributed by atoms with Gasteiger partial charge in [-0.2, -0.15) is 0 Å². The number of halogens is 1. The molecule has 0 aliphatic carbocycles. The van der Waals surface area contributed by atoms with Gasteiger partial charge in [-0.1, -0.05) is 74.7 Å². The molecule has 7 heteroatoms. The van der Waals surface area contributed by atoms with Crippen LogP contribution in [0.15, 0.2) is 0 Å². The first-order valence-corrected chi connectivity index (χ1v) is 12.3. The van der Waals surface area contributed by atoms with Gasteiger partial charge in [0.25, 0.3) is 0 Å². The van der Waals surface area contributed by atoms with E-state index in [4.69, 9.17) is 14.2 Å². The summed E-state index contributed by atoms with van der Waals surface area (Å²) in [6.45, 7) is 9.30. The highest BCUT2D eigenvalue weighted by atomic mass is 79.9. The average Bonchev–Trinajstić information content (AvgIpc) is 2.69. The molecule has 0 aliphatic rings. The summed E-state index contributed by atoms with van der Waals surface area (Å²) in [7, 11) is 2.67. The third kappa shape index (κ3) is 12.5. The monoisotopic (exact) mass is 506 g/mol.